The summed E-state index contributed by atoms with van der Waals surface area (Å²) in [5, 5.41) is 2.72. The molecule has 0 aromatic heterocycles. The summed E-state index contributed by atoms with van der Waals surface area (Å²) < 4.78 is 21.4. The summed E-state index contributed by atoms with van der Waals surface area (Å²) in [5.74, 6) is 0.939. The summed E-state index contributed by atoms with van der Waals surface area (Å²) in [4.78, 5) is 25.9. The van der Waals surface area contributed by atoms with Gasteiger partial charge < -0.3 is 30.0 Å². The van der Waals surface area contributed by atoms with E-state index in [2.05, 4.69) is 5.32 Å². The monoisotopic (exact) mass is 462 g/mol. The molecule has 0 radical (unpaired) electrons. The third-order valence-corrected chi connectivity index (χ3v) is 5.06. The zero-order valence-electron chi connectivity index (χ0n) is 19.4. The molecule has 0 atom stereocenters. The van der Waals surface area contributed by atoms with E-state index in [0.29, 0.717) is 51.1 Å². The van der Waals surface area contributed by atoms with E-state index in [9.17, 15) is 9.59 Å². The Hall–Kier alpha value is -4.46. The molecule has 3 aromatic carbocycles. The first-order valence-corrected chi connectivity index (χ1v) is 10.3. The topological polar surface area (TPSA) is 109 Å². The molecule has 0 bridgehead atoms. The van der Waals surface area contributed by atoms with Crippen molar-refractivity contribution in [1.29, 1.82) is 0 Å². The van der Waals surface area contributed by atoms with Crippen molar-refractivity contribution >= 4 is 29.1 Å². The van der Waals surface area contributed by atoms with Crippen LogP contribution in [0.1, 0.15) is 21.5 Å². The Morgan fingerprint density at radius 2 is 1.53 bits per heavy atom. The first-order valence-electron chi connectivity index (χ1n) is 10.3. The van der Waals surface area contributed by atoms with Gasteiger partial charge in [0.2, 0.25) is 11.7 Å². The van der Waals surface area contributed by atoms with Crippen LogP contribution in [0.5, 0.6) is 23.0 Å². The minimum Gasteiger partial charge on any atom is -0.497 e. The molecule has 176 valence electrons. The zero-order chi connectivity index (χ0) is 24.7. The van der Waals surface area contributed by atoms with E-state index in [1.165, 1.54) is 34.5 Å². The van der Waals surface area contributed by atoms with Crippen LogP contribution < -0.4 is 30.0 Å². The number of ketones is 1. The van der Waals surface area contributed by atoms with Gasteiger partial charge in [0.15, 0.2) is 17.3 Å². The number of para-hydroxylation sites is 2. The van der Waals surface area contributed by atoms with Crippen LogP contribution in [0.15, 0.2) is 60.7 Å². The number of hydrogen-bond acceptors (Lipinski definition) is 7. The van der Waals surface area contributed by atoms with E-state index in [1.54, 1.807) is 60.7 Å². The molecule has 1 amide bonds. The lowest BCUT2D eigenvalue weighted by molar-refractivity contribution is -0.111. The molecule has 8 nitrogen and oxygen atoms in total. The first kappa shape index (κ1) is 24.2. The highest BCUT2D eigenvalue weighted by atomic mass is 16.5. The lowest BCUT2D eigenvalue weighted by Crippen LogP contribution is -2.10. The molecule has 0 aliphatic heterocycles. The summed E-state index contributed by atoms with van der Waals surface area (Å²) in [6.07, 6.45) is 2.87. The fraction of sp³-hybridized carbons (Fsp3) is 0.154. The van der Waals surface area contributed by atoms with Gasteiger partial charge in [0.25, 0.3) is 0 Å². The number of hydrogen-bond donors (Lipinski definition) is 2. The second-order valence-corrected chi connectivity index (χ2v) is 7.11. The SMILES string of the molecule is COc1ccc(C(=O)c2cc(OC)c(OC)c(OC)c2)c(/C=C/C(=O)Nc2ccccc2N)c1. The second-order valence-electron chi connectivity index (χ2n) is 7.11. The van der Waals surface area contributed by atoms with Crippen molar-refractivity contribution in [2.24, 2.45) is 0 Å². The van der Waals surface area contributed by atoms with E-state index < -0.39 is 5.91 Å². The molecule has 0 aliphatic rings. The van der Waals surface area contributed by atoms with Crippen molar-refractivity contribution in [1.82, 2.24) is 0 Å². The van der Waals surface area contributed by atoms with Gasteiger partial charge in [-0.15, -0.1) is 0 Å². The van der Waals surface area contributed by atoms with Gasteiger partial charge in [0.05, 0.1) is 39.8 Å². The standard InChI is InChI=1S/C26H26N2O6/c1-31-18-10-11-19(25(30)17-14-22(32-2)26(34-4)23(15-17)33-3)16(13-18)9-12-24(29)28-21-8-6-5-7-20(21)27/h5-15H,27H2,1-4H3,(H,28,29)/b12-9+. The fourth-order valence-corrected chi connectivity index (χ4v) is 3.33. The molecular formula is C26H26N2O6. The van der Waals surface area contributed by atoms with Crippen LogP contribution in [0.4, 0.5) is 11.4 Å². The predicted molar refractivity (Wildman–Crippen MR) is 131 cm³/mol. The Bertz CT molecular complexity index is 1210. The van der Waals surface area contributed by atoms with E-state index >= 15 is 0 Å². The van der Waals surface area contributed by atoms with Gasteiger partial charge in [-0.05, 0) is 54.1 Å². The first-order chi connectivity index (χ1) is 16.4. The molecule has 0 unspecified atom stereocenters. The summed E-state index contributed by atoms with van der Waals surface area (Å²) in [6, 6.07) is 15.1. The Kier molecular flexibility index (Phi) is 7.76. The third kappa shape index (κ3) is 5.29. The Labute approximate surface area is 197 Å². The van der Waals surface area contributed by atoms with Crippen molar-refractivity contribution < 1.29 is 28.5 Å². The molecule has 3 N–H and O–H groups in total. The quantitative estimate of drug-likeness (QED) is 0.279. The van der Waals surface area contributed by atoms with Crippen LogP contribution in [-0.2, 0) is 4.79 Å². The highest BCUT2D eigenvalue weighted by Gasteiger charge is 2.20. The smallest absolute Gasteiger partial charge is 0.248 e. The minimum absolute atomic E-state index is 0.297. The molecule has 3 rings (SSSR count). The van der Waals surface area contributed by atoms with E-state index in [4.69, 9.17) is 24.7 Å². The number of nitrogen functional groups attached to an aromatic ring is 1. The van der Waals surface area contributed by atoms with Gasteiger partial charge in [-0.2, -0.15) is 0 Å². The van der Waals surface area contributed by atoms with Crippen molar-refractivity contribution in [2.75, 3.05) is 39.5 Å². The summed E-state index contributed by atoms with van der Waals surface area (Å²) >= 11 is 0. The Morgan fingerprint density at radius 1 is 0.853 bits per heavy atom. The van der Waals surface area contributed by atoms with Gasteiger partial charge in [0.1, 0.15) is 5.75 Å². The maximum Gasteiger partial charge on any atom is 0.248 e. The molecule has 0 saturated heterocycles. The third-order valence-electron chi connectivity index (χ3n) is 5.06. The summed E-state index contributed by atoms with van der Waals surface area (Å²) in [6.45, 7) is 0. The number of carbonyl (C=O) groups excluding carboxylic acids is 2. The van der Waals surface area contributed by atoms with Gasteiger partial charge >= 0.3 is 0 Å². The van der Waals surface area contributed by atoms with Crippen molar-refractivity contribution in [3.63, 3.8) is 0 Å². The van der Waals surface area contributed by atoms with Crippen LogP contribution >= 0.6 is 0 Å². The highest BCUT2D eigenvalue weighted by Crippen LogP contribution is 2.39. The number of rotatable bonds is 9. The predicted octanol–water partition coefficient (Wildman–Crippen LogP) is 4.19. The van der Waals surface area contributed by atoms with E-state index in [0.717, 1.165) is 0 Å². The molecule has 8 heteroatoms. The van der Waals surface area contributed by atoms with Gasteiger partial charge in [-0.3, -0.25) is 9.59 Å². The largest absolute Gasteiger partial charge is 0.497 e. The number of carbonyl (C=O) groups is 2. The molecule has 3 aromatic rings. The normalized spacial score (nSPS) is 10.6. The van der Waals surface area contributed by atoms with Crippen molar-refractivity contribution in [2.45, 2.75) is 0 Å². The molecule has 0 spiro atoms. The maximum absolute atomic E-state index is 13.4. The molecular weight excluding hydrogens is 436 g/mol. The van der Waals surface area contributed by atoms with Crippen LogP contribution in [0.3, 0.4) is 0 Å². The number of amides is 1. The minimum atomic E-state index is -0.396. The zero-order valence-corrected chi connectivity index (χ0v) is 19.4. The summed E-state index contributed by atoms with van der Waals surface area (Å²) in [5.41, 5.74) is 8.01. The molecule has 0 heterocycles. The fourth-order valence-electron chi connectivity index (χ4n) is 3.33. The van der Waals surface area contributed by atoms with Crippen LogP contribution in [-0.4, -0.2) is 40.1 Å². The van der Waals surface area contributed by atoms with Crippen LogP contribution in [0, 0.1) is 0 Å². The maximum atomic E-state index is 13.4. The van der Waals surface area contributed by atoms with Crippen LogP contribution in [0.25, 0.3) is 6.08 Å². The summed E-state index contributed by atoms with van der Waals surface area (Å²) in [7, 11) is 5.97. The van der Waals surface area contributed by atoms with Gasteiger partial charge in [0, 0.05) is 17.2 Å². The highest BCUT2D eigenvalue weighted by molar-refractivity contribution is 6.12. The van der Waals surface area contributed by atoms with E-state index in [-0.39, 0.29) is 5.78 Å². The number of nitrogens with one attached hydrogen (secondary N) is 1. The average molecular weight is 463 g/mol. The number of methoxy groups -OCH3 is 4. The van der Waals surface area contributed by atoms with Gasteiger partial charge in [-0.1, -0.05) is 12.1 Å². The number of benzene rings is 3. The lowest BCUT2D eigenvalue weighted by Gasteiger charge is -2.14. The Balaban J connectivity index is 1.97. The van der Waals surface area contributed by atoms with Crippen molar-refractivity contribution in [3.05, 3.63) is 77.4 Å². The van der Waals surface area contributed by atoms with Gasteiger partial charge in [-0.25, -0.2) is 0 Å². The average Bonchev–Trinajstić information content (AvgIpc) is 2.87. The number of anilines is 2. The van der Waals surface area contributed by atoms with Crippen molar-refractivity contribution in [3.8, 4) is 23.0 Å². The molecule has 0 aliphatic carbocycles. The van der Waals surface area contributed by atoms with E-state index in [1.807, 2.05) is 0 Å². The molecule has 0 saturated carbocycles. The lowest BCUT2D eigenvalue weighted by atomic mass is 9.97. The molecule has 0 fully saturated rings. The molecule has 34 heavy (non-hydrogen) atoms. The van der Waals surface area contributed by atoms with Crippen LogP contribution in [0.2, 0.25) is 0 Å². The Morgan fingerprint density at radius 3 is 2.12 bits per heavy atom. The number of nitrogens with two attached hydrogens (primary N) is 1. The second kappa shape index (κ2) is 10.9. The number of ether oxygens (including phenoxy) is 4.